The van der Waals surface area contributed by atoms with Gasteiger partial charge in [-0.2, -0.15) is 5.10 Å². The maximum atomic E-state index is 13.6. The Labute approximate surface area is 170 Å². The molecule has 2 N–H and O–H groups in total. The van der Waals surface area contributed by atoms with E-state index in [4.69, 9.17) is 11.6 Å². The SMILES string of the molecule is O=C(CCNC(=O)c1ccc(F)cc1F)Nc1ccnn1Cc1ccc(Cl)cc1. The van der Waals surface area contributed by atoms with Gasteiger partial charge in [0.05, 0.1) is 18.3 Å². The van der Waals surface area contributed by atoms with Crippen molar-refractivity contribution in [2.45, 2.75) is 13.0 Å². The zero-order chi connectivity index (χ0) is 20.8. The van der Waals surface area contributed by atoms with Crippen LogP contribution < -0.4 is 10.6 Å². The van der Waals surface area contributed by atoms with E-state index in [0.29, 0.717) is 23.5 Å². The van der Waals surface area contributed by atoms with Crippen molar-refractivity contribution < 1.29 is 18.4 Å². The lowest BCUT2D eigenvalue weighted by atomic mass is 10.2. The number of carbonyl (C=O) groups excluding carboxylic acids is 2. The second-order valence-electron chi connectivity index (χ2n) is 6.18. The molecule has 29 heavy (non-hydrogen) atoms. The van der Waals surface area contributed by atoms with Crippen LogP contribution >= 0.6 is 11.6 Å². The molecular formula is C20H17ClF2N4O2. The van der Waals surface area contributed by atoms with Crippen molar-refractivity contribution in [1.29, 1.82) is 0 Å². The van der Waals surface area contributed by atoms with Gasteiger partial charge in [0.2, 0.25) is 5.91 Å². The average Bonchev–Trinajstić information content (AvgIpc) is 3.10. The van der Waals surface area contributed by atoms with E-state index in [2.05, 4.69) is 15.7 Å². The Morgan fingerprint density at radius 1 is 1.07 bits per heavy atom. The van der Waals surface area contributed by atoms with Crippen LogP contribution in [0.2, 0.25) is 5.02 Å². The number of halogens is 3. The molecule has 0 spiro atoms. The molecule has 0 aliphatic carbocycles. The second-order valence-corrected chi connectivity index (χ2v) is 6.62. The summed E-state index contributed by atoms with van der Waals surface area (Å²) in [6.45, 7) is 0.438. The summed E-state index contributed by atoms with van der Waals surface area (Å²) in [7, 11) is 0. The molecule has 0 saturated carbocycles. The highest BCUT2D eigenvalue weighted by Crippen LogP contribution is 2.14. The lowest BCUT2D eigenvalue weighted by Crippen LogP contribution is -2.28. The number of aromatic nitrogens is 2. The zero-order valence-electron chi connectivity index (χ0n) is 15.2. The summed E-state index contributed by atoms with van der Waals surface area (Å²) in [5.74, 6) is -2.29. The first-order valence-corrected chi connectivity index (χ1v) is 9.09. The van der Waals surface area contributed by atoms with Gasteiger partial charge in [-0.05, 0) is 29.8 Å². The molecule has 150 valence electrons. The van der Waals surface area contributed by atoms with Crippen LogP contribution in [0.15, 0.2) is 54.7 Å². The van der Waals surface area contributed by atoms with Gasteiger partial charge in [-0.1, -0.05) is 23.7 Å². The van der Waals surface area contributed by atoms with E-state index in [-0.39, 0.29) is 24.4 Å². The largest absolute Gasteiger partial charge is 0.351 e. The van der Waals surface area contributed by atoms with Crippen LogP contribution in [0.3, 0.4) is 0 Å². The highest BCUT2D eigenvalue weighted by atomic mass is 35.5. The van der Waals surface area contributed by atoms with Gasteiger partial charge in [-0.25, -0.2) is 13.5 Å². The Morgan fingerprint density at radius 2 is 1.83 bits per heavy atom. The summed E-state index contributed by atoms with van der Waals surface area (Å²) in [4.78, 5) is 24.1. The second kappa shape index (κ2) is 9.29. The Balaban J connectivity index is 1.50. The van der Waals surface area contributed by atoms with Gasteiger partial charge in [0.15, 0.2) is 0 Å². The molecule has 0 atom stereocenters. The van der Waals surface area contributed by atoms with Crippen LogP contribution in [0.25, 0.3) is 0 Å². The molecule has 0 saturated heterocycles. The minimum Gasteiger partial charge on any atom is -0.351 e. The summed E-state index contributed by atoms with van der Waals surface area (Å²) in [6, 6.07) is 11.6. The average molecular weight is 419 g/mol. The van der Waals surface area contributed by atoms with Gasteiger partial charge in [0.1, 0.15) is 17.5 Å². The van der Waals surface area contributed by atoms with E-state index in [1.807, 2.05) is 12.1 Å². The van der Waals surface area contributed by atoms with Gasteiger partial charge >= 0.3 is 0 Å². The van der Waals surface area contributed by atoms with Crippen molar-refractivity contribution in [3.63, 3.8) is 0 Å². The number of benzene rings is 2. The molecule has 0 unspecified atom stereocenters. The quantitative estimate of drug-likeness (QED) is 0.615. The summed E-state index contributed by atoms with van der Waals surface area (Å²) >= 11 is 5.87. The highest BCUT2D eigenvalue weighted by molar-refractivity contribution is 6.30. The van der Waals surface area contributed by atoms with E-state index in [0.717, 1.165) is 17.7 Å². The Kier molecular flexibility index (Phi) is 6.56. The lowest BCUT2D eigenvalue weighted by Gasteiger charge is -2.10. The maximum absolute atomic E-state index is 13.6. The molecule has 0 aliphatic heterocycles. The maximum Gasteiger partial charge on any atom is 0.254 e. The fourth-order valence-corrected chi connectivity index (χ4v) is 2.72. The van der Waals surface area contributed by atoms with E-state index in [9.17, 15) is 18.4 Å². The van der Waals surface area contributed by atoms with E-state index < -0.39 is 17.5 Å². The van der Waals surface area contributed by atoms with Crippen molar-refractivity contribution in [2.24, 2.45) is 0 Å². The smallest absolute Gasteiger partial charge is 0.254 e. The molecule has 1 heterocycles. The molecule has 1 aromatic heterocycles. The number of amides is 2. The van der Waals surface area contributed by atoms with Crippen LogP contribution in [0, 0.1) is 11.6 Å². The monoisotopic (exact) mass is 418 g/mol. The molecule has 0 radical (unpaired) electrons. The standard InChI is InChI=1S/C20H17ClF2N4O2/c21-14-3-1-13(2-4-14)12-27-18(7-10-25-27)26-19(28)8-9-24-20(29)16-6-5-15(22)11-17(16)23/h1-7,10-11H,8-9,12H2,(H,24,29)(H,26,28). The minimum atomic E-state index is -0.960. The van der Waals surface area contributed by atoms with E-state index >= 15 is 0 Å². The van der Waals surface area contributed by atoms with Crippen LogP contribution in [-0.2, 0) is 11.3 Å². The zero-order valence-corrected chi connectivity index (χ0v) is 15.9. The number of rotatable bonds is 7. The predicted octanol–water partition coefficient (Wildman–Crippen LogP) is 3.62. The Bertz CT molecular complexity index is 1020. The Hall–Kier alpha value is -3.26. The first-order chi connectivity index (χ1) is 13.9. The molecule has 2 amide bonds. The molecule has 0 aliphatic rings. The molecule has 3 aromatic rings. The van der Waals surface area contributed by atoms with Crippen molar-refractivity contribution in [3.8, 4) is 0 Å². The topological polar surface area (TPSA) is 76.0 Å². The predicted molar refractivity (Wildman–Crippen MR) is 105 cm³/mol. The van der Waals surface area contributed by atoms with Gasteiger partial charge in [0, 0.05) is 30.1 Å². The molecular weight excluding hydrogens is 402 g/mol. The summed E-state index contributed by atoms with van der Waals surface area (Å²) in [5.41, 5.74) is 0.676. The minimum absolute atomic E-state index is 0.00714. The van der Waals surface area contributed by atoms with Crippen LogP contribution in [0.5, 0.6) is 0 Å². The number of carbonyl (C=O) groups is 2. The third-order valence-corrected chi connectivity index (χ3v) is 4.29. The molecule has 6 nitrogen and oxygen atoms in total. The molecule has 3 rings (SSSR count). The van der Waals surface area contributed by atoms with Crippen molar-refractivity contribution >= 4 is 29.2 Å². The normalized spacial score (nSPS) is 10.6. The summed E-state index contributed by atoms with van der Waals surface area (Å²) < 4.78 is 28.1. The van der Waals surface area contributed by atoms with Crippen LogP contribution in [-0.4, -0.2) is 28.1 Å². The number of hydrogen-bond acceptors (Lipinski definition) is 3. The molecule has 9 heteroatoms. The molecule has 0 bridgehead atoms. The number of anilines is 1. The summed E-state index contributed by atoms with van der Waals surface area (Å²) in [5, 5.41) is 9.96. The Morgan fingerprint density at radius 3 is 2.55 bits per heavy atom. The number of nitrogens with one attached hydrogen (secondary N) is 2. The van der Waals surface area contributed by atoms with Gasteiger partial charge in [-0.15, -0.1) is 0 Å². The van der Waals surface area contributed by atoms with E-state index in [1.165, 1.54) is 0 Å². The van der Waals surface area contributed by atoms with Crippen LogP contribution in [0.1, 0.15) is 22.3 Å². The van der Waals surface area contributed by atoms with Crippen molar-refractivity contribution in [1.82, 2.24) is 15.1 Å². The number of nitrogens with zero attached hydrogens (tertiary/aromatic N) is 2. The van der Waals surface area contributed by atoms with Crippen LogP contribution in [0.4, 0.5) is 14.6 Å². The fourth-order valence-electron chi connectivity index (χ4n) is 2.59. The van der Waals surface area contributed by atoms with Gasteiger partial charge in [0.25, 0.3) is 5.91 Å². The third kappa shape index (κ3) is 5.61. The third-order valence-electron chi connectivity index (χ3n) is 4.04. The summed E-state index contributed by atoms with van der Waals surface area (Å²) in [6.07, 6.45) is 1.53. The number of hydrogen-bond donors (Lipinski definition) is 2. The first kappa shape index (κ1) is 20.5. The van der Waals surface area contributed by atoms with Crippen molar-refractivity contribution in [3.05, 3.63) is 82.5 Å². The first-order valence-electron chi connectivity index (χ1n) is 8.72. The molecule has 2 aromatic carbocycles. The van der Waals surface area contributed by atoms with Crippen molar-refractivity contribution in [2.75, 3.05) is 11.9 Å². The highest BCUT2D eigenvalue weighted by Gasteiger charge is 2.13. The van der Waals surface area contributed by atoms with E-state index in [1.54, 1.807) is 29.1 Å². The lowest BCUT2D eigenvalue weighted by molar-refractivity contribution is -0.116. The van der Waals surface area contributed by atoms with Gasteiger partial charge in [-0.3, -0.25) is 9.59 Å². The molecule has 0 fully saturated rings. The fraction of sp³-hybridized carbons (Fsp3) is 0.150. The van der Waals surface area contributed by atoms with Gasteiger partial charge < -0.3 is 10.6 Å².